The van der Waals surface area contributed by atoms with Crippen molar-refractivity contribution >= 4 is 46.1 Å². The smallest absolute Gasteiger partial charge is 0.268 e. The predicted octanol–water partition coefficient (Wildman–Crippen LogP) is 2.13. The highest BCUT2D eigenvalue weighted by Gasteiger charge is 2.40. The number of nitrogens with two attached hydrogens (primary N) is 1. The number of hydrogen-bond donors (Lipinski definition) is 5. The predicted molar refractivity (Wildman–Crippen MR) is 128 cm³/mol. The molecule has 3 atom stereocenters. The Morgan fingerprint density at radius 1 is 1.20 bits per heavy atom. The molecular formula is C24H29ClFN5O4. The van der Waals surface area contributed by atoms with E-state index < -0.39 is 47.1 Å². The summed E-state index contributed by atoms with van der Waals surface area (Å²) in [5.41, 5.74) is 5.29. The van der Waals surface area contributed by atoms with E-state index in [9.17, 15) is 23.6 Å². The molecular weight excluding hydrogens is 477 g/mol. The fraction of sp³-hybridized carbons (Fsp3) is 0.500. The minimum atomic E-state index is -1.06. The first-order valence-corrected chi connectivity index (χ1v) is 12.0. The molecule has 1 saturated heterocycles. The standard InChI is InChI=1S/C24H29ClFN5O4/c1-24(2)10-13(21(33)31-24)9-15(20(27)32)29-22(34)16(7-11-3-4-11)30-23(35)17-8-12-5-6-14(25)18(26)19(12)28-17/h5-6,8,11,13,15-16,28H,3-4,7,9-10H2,1-2H3,(H2,27,32)(H,29,34)(H,30,35)(H,31,33)/t13-,15?,16?/m1/s1. The maximum absolute atomic E-state index is 14.3. The number of halogens is 2. The van der Waals surface area contributed by atoms with Crippen molar-refractivity contribution in [3.05, 3.63) is 34.7 Å². The van der Waals surface area contributed by atoms with Crippen molar-refractivity contribution in [2.75, 3.05) is 0 Å². The molecule has 1 saturated carbocycles. The van der Waals surface area contributed by atoms with Crippen molar-refractivity contribution in [1.82, 2.24) is 20.9 Å². The van der Waals surface area contributed by atoms with Crippen molar-refractivity contribution < 1.29 is 23.6 Å². The van der Waals surface area contributed by atoms with Crippen LogP contribution in [0.3, 0.4) is 0 Å². The van der Waals surface area contributed by atoms with Crippen LogP contribution in [0.1, 0.15) is 56.4 Å². The first-order valence-electron chi connectivity index (χ1n) is 11.6. The van der Waals surface area contributed by atoms with Crippen molar-refractivity contribution in [2.45, 2.75) is 63.6 Å². The van der Waals surface area contributed by atoms with E-state index >= 15 is 0 Å². The van der Waals surface area contributed by atoms with E-state index in [0.717, 1.165) is 12.8 Å². The summed E-state index contributed by atoms with van der Waals surface area (Å²) in [4.78, 5) is 53.1. The normalized spacial score (nSPS) is 20.8. The zero-order chi connectivity index (χ0) is 25.5. The second-order valence-electron chi connectivity index (χ2n) is 10.2. The highest BCUT2D eigenvalue weighted by Crippen LogP contribution is 2.34. The van der Waals surface area contributed by atoms with Crippen LogP contribution in [0.5, 0.6) is 0 Å². The molecule has 2 aliphatic rings. The van der Waals surface area contributed by atoms with Crippen LogP contribution in [0.2, 0.25) is 5.02 Å². The quantitative estimate of drug-likeness (QED) is 0.355. The summed E-state index contributed by atoms with van der Waals surface area (Å²) >= 11 is 5.81. The molecule has 4 rings (SSSR count). The third-order valence-electron chi connectivity index (χ3n) is 6.59. The molecule has 2 heterocycles. The molecule has 0 radical (unpaired) electrons. The van der Waals surface area contributed by atoms with E-state index in [1.54, 1.807) is 6.07 Å². The molecule has 35 heavy (non-hydrogen) atoms. The van der Waals surface area contributed by atoms with Gasteiger partial charge in [0.2, 0.25) is 17.7 Å². The third kappa shape index (κ3) is 5.75. The maximum atomic E-state index is 14.3. The Hall–Kier alpha value is -3.14. The monoisotopic (exact) mass is 505 g/mol. The lowest BCUT2D eigenvalue weighted by molar-refractivity contribution is -0.130. The van der Waals surface area contributed by atoms with Gasteiger partial charge in [0, 0.05) is 16.8 Å². The van der Waals surface area contributed by atoms with Crippen LogP contribution >= 0.6 is 11.6 Å². The number of aromatic amines is 1. The van der Waals surface area contributed by atoms with Crippen LogP contribution in [-0.2, 0) is 14.4 Å². The van der Waals surface area contributed by atoms with E-state index in [0.29, 0.717) is 18.2 Å². The summed E-state index contributed by atoms with van der Waals surface area (Å²) in [6.45, 7) is 3.77. The molecule has 11 heteroatoms. The molecule has 4 amide bonds. The summed E-state index contributed by atoms with van der Waals surface area (Å²) < 4.78 is 14.3. The van der Waals surface area contributed by atoms with Gasteiger partial charge in [-0.1, -0.05) is 30.5 Å². The number of primary amides is 1. The summed E-state index contributed by atoms with van der Waals surface area (Å²) in [5, 5.41) is 8.57. The Labute approximate surface area is 206 Å². The van der Waals surface area contributed by atoms with Gasteiger partial charge >= 0.3 is 0 Å². The Morgan fingerprint density at radius 3 is 2.51 bits per heavy atom. The number of amides is 4. The number of hydrogen-bond acceptors (Lipinski definition) is 4. The topological polar surface area (TPSA) is 146 Å². The Bertz CT molecular complexity index is 1190. The molecule has 2 unspecified atom stereocenters. The number of H-pyrrole nitrogens is 1. The second-order valence-corrected chi connectivity index (χ2v) is 10.6. The molecule has 2 fully saturated rings. The van der Waals surface area contributed by atoms with Gasteiger partial charge in [0.15, 0.2) is 5.82 Å². The molecule has 188 valence electrons. The first kappa shape index (κ1) is 25.0. The van der Waals surface area contributed by atoms with Crippen LogP contribution in [-0.4, -0.2) is 46.2 Å². The van der Waals surface area contributed by atoms with E-state index in [2.05, 4.69) is 20.9 Å². The van der Waals surface area contributed by atoms with Gasteiger partial charge in [0.1, 0.15) is 17.8 Å². The number of fused-ring (bicyclic) bond motifs is 1. The molecule has 1 aliphatic carbocycles. The van der Waals surface area contributed by atoms with Crippen LogP contribution in [0, 0.1) is 17.7 Å². The van der Waals surface area contributed by atoms with E-state index in [1.807, 2.05) is 13.8 Å². The van der Waals surface area contributed by atoms with Gasteiger partial charge < -0.3 is 26.7 Å². The minimum absolute atomic E-state index is 0.0719. The Balaban J connectivity index is 1.46. The lowest BCUT2D eigenvalue weighted by Gasteiger charge is -2.23. The van der Waals surface area contributed by atoms with Gasteiger partial charge in [0.25, 0.3) is 5.91 Å². The van der Waals surface area contributed by atoms with Crippen molar-refractivity contribution in [3.63, 3.8) is 0 Å². The molecule has 1 aliphatic heterocycles. The van der Waals surface area contributed by atoms with Crippen LogP contribution in [0.4, 0.5) is 4.39 Å². The first-order chi connectivity index (χ1) is 16.4. The molecule has 0 bridgehead atoms. The summed E-state index contributed by atoms with van der Waals surface area (Å²) in [6, 6.07) is 2.47. The Morgan fingerprint density at radius 2 is 1.91 bits per heavy atom. The van der Waals surface area contributed by atoms with E-state index in [-0.39, 0.29) is 34.5 Å². The van der Waals surface area contributed by atoms with Crippen molar-refractivity contribution in [1.29, 1.82) is 0 Å². The minimum Gasteiger partial charge on any atom is -0.368 e. The molecule has 2 aromatic rings. The third-order valence-corrected chi connectivity index (χ3v) is 6.88. The van der Waals surface area contributed by atoms with Gasteiger partial charge in [-0.2, -0.15) is 0 Å². The average molecular weight is 506 g/mol. The van der Waals surface area contributed by atoms with Gasteiger partial charge in [-0.25, -0.2) is 4.39 Å². The largest absolute Gasteiger partial charge is 0.368 e. The van der Waals surface area contributed by atoms with Crippen LogP contribution < -0.4 is 21.7 Å². The summed E-state index contributed by atoms with van der Waals surface area (Å²) in [5.74, 6) is -2.95. The summed E-state index contributed by atoms with van der Waals surface area (Å²) in [7, 11) is 0. The second kappa shape index (κ2) is 9.49. The molecule has 1 aromatic heterocycles. The van der Waals surface area contributed by atoms with E-state index in [1.165, 1.54) is 12.1 Å². The summed E-state index contributed by atoms with van der Waals surface area (Å²) in [6.07, 6.45) is 2.84. The Kier molecular flexibility index (Phi) is 6.77. The highest BCUT2D eigenvalue weighted by atomic mass is 35.5. The van der Waals surface area contributed by atoms with Gasteiger partial charge in [-0.05, 0) is 51.2 Å². The van der Waals surface area contributed by atoms with Gasteiger partial charge in [-0.3, -0.25) is 19.2 Å². The van der Waals surface area contributed by atoms with Gasteiger partial charge in [-0.15, -0.1) is 0 Å². The number of nitrogens with one attached hydrogen (secondary N) is 4. The molecule has 0 spiro atoms. The zero-order valence-corrected chi connectivity index (χ0v) is 20.3. The fourth-order valence-corrected chi connectivity index (χ4v) is 4.76. The van der Waals surface area contributed by atoms with Crippen LogP contribution in [0.15, 0.2) is 18.2 Å². The number of benzene rings is 1. The number of rotatable bonds is 9. The molecule has 9 nitrogen and oxygen atoms in total. The molecule has 1 aromatic carbocycles. The number of carbonyl (C=O) groups excluding carboxylic acids is 4. The zero-order valence-electron chi connectivity index (χ0n) is 19.5. The maximum Gasteiger partial charge on any atom is 0.268 e. The highest BCUT2D eigenvalue weighted by molar-refractivity contribution is 6.31. The molecule has 6 N–H and O–H groups in total. The van der Waals surface area contributed by atoms with Crippen LogP contribution in [0.25, 0.3) is 10.9 Å². The van der Waals surface area contributed by atoms with Gasteiger partial charge in [0.05, 0.1) is 10.5 Å². The van der Waals surface area contributed by atoms with Crippen molar-refractivity contribution in [2.24, 2.45) is 17.6 Å². The fourth-order valence-electron chi connectivity index (χ4n) is 4.60. The van der Waals surface area contributed by atoms with Crippen molar-refractivity contribution in [3.8, 4) is 0 Å². The van der Waals surface area contributed by atoms with E-state index in [4.69, 9.17) is 17.3 Å². The SMILES string of the molecule is CC1(C)C[C@@H](CC(NC(=O)C(CC2CC2)NC(=O)c2cc3ccc(Cl)c(F)c3[nH]2)C(N)=O)C(=O)N1. The lowest BCUT2D eigenvalue weighted by Crippen LogP contribution is -2.53. The number of carbonyl (C=O) groups is 4. The number of aromatic nitrogens is 1. The lowest BCUT2D eigenvalue weighted by atomic mass is 9.91. The average Bonchev–Trinajstić information content (AvgIpc) is 3.41.